The predicted octanol–water partition coefficient (Wildman–Crippen LogP) is 2.00. The highest BCUT2D eigenvalue weighted by Gasteiger charge is 2.38. The van der Waals surface area contributed by atoms with E-state index in [-0.39, 0.29) is 17.7 Å². The summed E-state index contributed by atoms with van der Waals surface area (Å²) >= 11 is 0. The van der Waals surface area contributed by atoms with E-state index in [9.17, 15) is 14.4 Å². The van der Waals surface area contributed by atoms with Crippen LogP contribution >= 0.6 is 0 Å². The quantitative estimate of drug-likeness (QED) is 0.600. The van der Waals surface area contributed by atoms with Crippen LogP contribution in [0.15, 0.2) is 54.6 Å². The van der Waals surface area contributed by atoms with Gasteiger partial charge in [-0.3, -0.25) is 9.59 Å². The summed E-state index contributed by atoms with van der Waals surface area (Å²) in [7, 11) is 0. The number of nitrogens with zero attached hydrogens (tertiary/aromatic N) is 1. The van der Waals surface area contributed by atoms with E-state index >= 15 is 0 Å². The van der Waals surface area contributed by atoms with Crippen LogP contribution in [0.3, 0.4) is 0 Å². The Kier molecular flexibility index (Phi) is 4.67. The normalized spacial score (nSPS) is 13.1. The molecule has 0 unspecified atom stereocenters. The molecule has 2 amide bonds. The van der Waals surface area contributed by atoms with Gasteiger partial charge in [-0.25, -0.2) is 4.79 Å². The van der Waals surface area contributed by atoms with Gasteiger partial charge in [0.2, 0.25) is 0 Å². The predicted molar refractivity (Wildman–Crippen MR) is 84.0 cm³/mol. The van der Waals surface area contributed by atoms with Crippen molar-refractivity contribution in [2.75, 3.05) is 13.2 Å². The lowest BCUT2D eigenvalue weighted by Gasteiger charge is -2.12. The van der Waals surface area contributed by atoms with Crippen LogP contribution in [0.1, 0.15) is 26.3 Å². The van der Waals surface area contributed by atoms with Crippen molar-refractivity contribution in [3.8, 4) is 0 Å². The number of carbonyl (C=O) groups is 3. The van der Waals surface area contributed by atoms with Gasteiger partial charge in [0, 0.05) is 0 Å². The summed E-state index contributed by atoms with van der Waals surface area (Å²) in [5, 5.41) is 0.480. The Bertz CT molecular complexity index is 737. The third-order valence-electron chi connectivity index (χ3n) is 3.55. The van der Waals surface area contributed by atoms with Crippen molar-refractivity contribution < 1.29 is 24.0 Å². The van der Waals surface area contributed by atoms with Crippen LogP contribution in [0.5, 0.6) is 0 Å². The van der Waals surface area contributed by atoms with Crippen molar-refractivity contribution >= 4 is 17.8 Å². The maximum absolute atomic E-state index is 12.0. The Labute approximate surface area is 138 Å². The molecule has 0 saturated heterocycles. The number of rotatable bonds is 6. The van der Waals surface area contributed by atoms with Crippen molar-refractivity contribution in [2.24, 2.45) is 0 Å². The fourth-order valence-electron chi connectivity index (χ4n) is 2.37. The van der Waals surface area contributed by atoms with E-state index in [1.165, 1.54) is 12.1 Å². The molecule has 1 heterocycles. The van der Waals surface area contributed by atoms with E-state index < -0.39 is 17.8 Å². The van der Waals surface area contributed by atoms with Gasteiger partial charge in [0.05, 0.1) is 17.7 Å². The van der Waals surface area contributed by atoms with Crippen molar-refractivity contribution in [3.63, 3.8) is 0 Å². The average molecular weight is 325 g/mol. The van der Waals surface area contributed by atoms with Crippen LogP contribution in [0, 0.1) is 0 Å². The number of imide groups is 1. The van der Waals surface area contributed by atoms with E-state index in [0.717, 1.165) is 5.56 Å². The van der Waals surface area contributed by atoms with Crippen LogP contribution in [0.4, 0.5) is 0 Å². The molecule has 2 aromatic carbocycles. The van der Waals surface area contributed by atoms with Crippen LogP contribution in [0.25, 0.3) is 0 Å². The largest absolute Gasteiger partial charge is 0.369 e. The van der Waals surface area contributed by atoms with Gasteiger partial charge < -0.3 is 9.57 Å². The van der Waals surface area contributed by atoms with Gasteiger partial charge in [0.1, 0.15) is 6.61 Å². The van der Waals surface area contributed by atoms with Crippen molar-refractivity contribution in [3.05, 3.63) is 71.3 Å². The Hall–Kier alpha value is -2.99. The molecule has 0 spiro atoms. The maximum atomic E-state index is 12.0. The van der Waals surface area contributed by atoms with E-state index in [1.54, 1.807) is 12.1 Å². The summed E-state index contributed by atoms with van der Waals surface area (Å²) in [4.78, 5) is 40.7. The molecule has 1 aliphatic rings. The number of hydrogen-bond donors (Lipinski definition) is 0. The number of hydroxylamine groups is 2. The molecule has 1 aliphatic heterocycles. The molecule has 6 nitrogen and oxygen atoms in total. The third kappa shape index (κ3) is 3.33. The highest BCUT2D eigenvalue weighted by Crippen LogP contribution is 2.22. The van der Waals surface area contributed by atoms with Crippen molar-refractivity contribution in [2.45, 2.75) is 6.42 Å². The average Bonchev–Trinajstić information content (AvgIpc) is 2.85. The molecular weight excluding hydrogens is 310 g/mol. The topological polar surface area (TPSA) is 72.9 Å². The summed E-state index contributed by atoms with van der Waals surface area (Å²) in [6.45, 7) is 0.00146. The molecule has 0 atom stereocenters. The maximum Gasteiger partial charge on any atom is 0.358 e. The third-order valence-corrected chi connectivity index (χ3v) is 3.55. The number of carbonyl (C=O) groups excluding carboxylic acids is 3. The summed E-state index contributed by atoms with van der Waals surface area (Å²) in [5.41, 5.74) is 1.53. The molecule has 0 radical (unpaired) electrons. The van der Waals surface area contributed by atoms with Crippen molar-refractivity contribution in [1.29, 1.82) is 0 Å². The number of fused-ring (bicyclic) bond motifs is 1. The van der Waals surface area contributed by atoms with E-state index in [0.29, 0.717) is 18.1 Å². The Morgan fingerprint density at radius 3 is 2.08 bits per heavy atom. The summed E-state index contributed by atoms with van der Waals surface area (Å²) in [6, 6.07) is 16.0. The Morgan fingerprint density at radius 1 is 0.875 bits per heavy atom. The van der Waals surface area contributed by atoms with Crippen LogP contribution in [-0.4, -0.2) is 36.1 Å². The molecule has 6 heteroatoms. The first-order valence-corrected chi connectivity index (χ1v) is 7.47. The van der Waals surface area contributed by atoms with Crippen LogP contribution in [0.2, 0.25) is 0 Å². The summed E-state index contributed by atoms with van der Waals surface area (Å²) < 4.78 is 5.23. The fourth-order valence-corrected chi connectivity index (χ4v) is 2.37. The van der Waals surface area contributed by atoms with Crippen LogP contribution in [-0.2, 0) is 20.8 Å². The molecular formula is C18H15NO5. The zero-order valence-corrected chi connectivity index (χ0v) is 12.8. The monoisotopic (exact) mass is 325 g/mol. The van der Waals surface area contributed by atoms with Gasteiger partial charge >= 0.3 is 5.97 Å². The van der Waals surface area contributed by atoms with Crippen molar-refractivity contribution in [1.82, 2.24) is 5.06 Å². The minimum atomic E-state index is -0.794. The molecule has 0 fully saturated rings. The first kappa shape index (κ1) is 15.9. The Morgan fingerprint density at radius 2 is 1.46 bits per heavy atom. The molecule has 2 aromatic rings. The molecule has 0 saturated carbocycles. The van der Waals surface area contributed by atoms with E-state index in [1.807, 2.05) is 30.3 Å². The summed E-state index contributed by atoms with van der Waals surface area (Å²) in [5.74, 6) is -2.08. The molecule has 0 aliphatic carbocycles. The molecule has 0 bridgehead atoms. The van der Waals surface area contributed by atoms with Gasteiger partial charge in [0.25, 0.3) is 11.8 Å². The second kappa shape index (κ2) is 7.06. The zero-order valence-electron chi connectivity index (χ0n) is 12.8. The first-order valence-electron chi connectivity index (χ1n) is 7.47. The SMILES string of the molecule is O=C(COCCc1ccccc1)ON1C(=O)c2ccccc2C1=O. The minimum absolute atomic E-state index is 0.222. The Balaban J connectivity index is 1.48. The second-order valence-corrected chi connectivity index (χ2v) is 5.20. The van der Waals surface area contributed by atoms with Gasteiger partial charge in [-0.1, -0.05) is 47.5 Å². The molecule has 3 rings (SSSR count). The lowest BCUT2D eigenvalue weighted by atomic mass is 10.1. The summed E-state index contributed by atoms with van der Waals surface area (Å²) in [6.07, 6.45) is 0.654. The minimum Gasteiger partial charge on any atom is -0.369 e. The number of amides is 2. The number of hydrogen-bond acceptors (Lipinski definition) is 5. The molecule has 122 valence electrons. The number of ether oxygens (including phenoxy) is 1. The molecule has 0 N–H and O–H groups in total. The van der Waals surface area contributed by atoms with Gasteiger partial charge in [0.15, 0.2) is 0 Å². The van der Waals surface area contributed by atoms with Gasteiger partial charge in [-0.05, 0) is 24.1 Å². The lowest BCUT2D eigenvalue weighted by molar-refractivity contribution is -0.173. The zero-order chi connectivity index (χ0) is 16.9. The van der Waals surface area contributed by atoms with Crippen LogP contribution < -0.4 is 0 Å². The smallest absolute Gasteiger partial charge is 0.358 e. The standard InChI is InChI=1S/C18H15NO5/c20-16(12-23-11-10-13-6-2-1-3-7-13)24-19-17(21)14-8-4-5-9-15(14)18(19)22/h1-9H,10-12H2. The lowest BCUT2D eigenvalue weighted by Crippen LogP contribution is -2.34. The van der Waals surface area contributed by atoms with E-state index in [2.05, 4.69) is 0 Å². The highest BCUT2D eigenvalue weighted by molar-refractivity contribution is 6.20. The van der Waals surface area contributed by atoms with Gasteiger partial charge in [-0.2, -0.15) is 0 Å². The molecule has 24 heavy (non-hydrogen) atoms. The highest BCUT2D eigenvalue weighted by atomic mass is 16.7. The second-order valence-electron chi connectivity index (χ2n) is 5.20. The van der Waals surface area contributed by atoms with E-state index in [4.69, 9.17) is 9.57 Å². The first-order chi connectivity index (χ1) is 11.7. The number of benzene rings is 2. The van der Waals surface area contributed by atoms with Gasteiger partial charge in [-0.15, -0.1) is 0 Å². The fraction of sp³-hybridized carbons (Fsp3) is 0.167. The molecule has 0 aromatic heterocycles.